The summed E-state index contributed by atoms with van der Waals surface area (Å²) in [6, 6.07) is 1.29. The molecule has 1 aromatic rings. The first-order chi connectivity index (χ1) is 7.38. The van der Waals surface area contributed by atoms with Crippen LogP contribution in [0.25, 0.3) is 0 Å². The molecule has 0 radical (unpaired) electrons. The average molecular weight is 252 g/mol. The molecule has 0 aliphatic rings. The fraction of sp³-hybridized carbons (Fsp3) is 0.556. The second kappa shape index (κ2) is 5.29. The molecule has 0 unspecified atom stereocenters. The van der Waals surface area contributed by atoms with Crippen LogP contribution in [-0.4, -0.2) is 15.7 Å². The van der Waals surface area contributed by atoms with E-state index in [9.17, 15) is 18.0 Å². The SMILES string of the molecule is O=c1ccn(CCCCC(F)(F)F)c(=S)[nH]1. The van der Waals surface area contributed by atoms with Gasteiger partial charge in [-0.15, -0.1) is 0 Å². The lowest BCUT2D eigenvalue weighted by Crippen LogP contribution is -2.12. The quantitative estimate of drug-likeness (QED) is 0.660. The predicted octanol–water partition coefficient (Wildman–Crippen LogP) is 2.64. The Kier molecular flexibility index (Phi) is 4.28. The van der Waals surface area contributed by atoms with Gasteiger partial charge >= 0.3 is 6.18 Å². The van der Waals surface area contributed by atoms with Crippen molar-refractivity contribution in [1.82, 2.24) is 9.55 Å². The number of H-pyrrole nitrogens is 1. The Morgan fingerprint density at radius 2 is 2.06 bits per heavy atom. The van der Waals surface area contributed by atoms with Crippen molar-refractivity contribution in [3.8, 4) is 0 Å². The minimum absolute atomic E-state index is 0.0599. The summed E-state index contributed by atoms with van der Waals surface area (Å²) in [6.07, 6.45) is -2.98. The van der Waals surface area contributed by atoms with Crippen molar-refractivity contribution in [3.63, 3.8) is 0 Å². The van der Waals surface area contributed by atoms with Crippen molar-refractivity contribution in [2.45, 2.75) is 32.0 Å². The summed E-state index contributed by atoms with van der Waals surface area (Å²) in [4.78, 5) is 13.2. The van der Waals surface area contributed by atoms with Gasteiger partial charge in [-0.3, -0.25) is 9.78 Å². The summed E-state index contributed by atoms with van der Waals surface area (Å²) in [5, 5.41) is 0. The van der Waals surface area contributed by atoms with E-state index in [0.29, 0.717) is 13.0 Å². The number of hydrogen-bond donors (Lipinski definition) is 1. The molecule has 0 aliphatic heterocycles. The smallest absolute Gasteiger partial charge is 0.325 e. The highest BCUT2D eigenvalue weighted by molar-refractivity contribution is 7.71. The number of nitrogens with one attached hydrogen (secondary N) is 1. The van der Waals surface area contributed by atoms with Gasteiger partial charge in [0.2, 0.25) is 0 Å². The van der Waals surface area contributed by atoms with Gasteiger partial charge in [0, 0.05) is 25.2 Å². The number of unbranched alkanes of at least 4 members (excludes halogenated alkanes) is 1. The van der Waals surface area contributed by atoms with E-state index in [4.69, 9.17) is 12.2 Å². The molecule has 0 spiro atoms. The van der Waals surface area contributed by atoms with Gasteiger partial charge in [0.25, 0.3) is 5.56 Å². The van der Waals surface area contributed by atoms with Crippen molar-refractivity contribution < 1.29 is 13.2 Å². The summed E-state index contributed by atoms with van der Waals surface area (Å²) < 4.78 is 37.3. The first-order valence-electron chi connectivity index (χ1n) is 4.75. The van der Waals surface area contributed by atoms with Crippen LogP contribution in [0.15, 0.2) is 17.1 Å². The number of alkyl halides is 3. The molecule has 0 bridgehead atoms. The molecule has 1 heterocycles. The summed E-state index contributed by atoms with van der Waals surface area (Å²) >= 11 is 4.85. The zero-order valence-corrected chi connectivity index (χ0v) is 9.20. The fourth-order valence-corrected chi connectivity index (χ4v) is 1.48. The van der Waals surface area contributed by atoms with E-state index in [1.54, 1.807) is 4.57 Å². The van der Waals surface area contributed by atoms with Gasteiger partial charge < -0.3 is 4.57 Å². The normalized spacial score (nSPS) is 11.7. The third-order valence-electron chi connectivity index (χ3n) is 2.01. The van der Waals surface area contributed by atoms with Crippen LogP contribution >= 0.6 is 12.2 Å². The lowest BCUT2D eigenvalue weighted by Gasteiger charge is -2.07. The lowest BCUT2D eigenvalue weighted by atomic mass is 10.2. The van der Waals surface area contributed by atoms with E-state index >= 15 is 0 Å². The van der Waals surface area contributed by atoms with Crippen LogP contribution in [0.3, 0.4) is 0 Å². The van der Waals surface area contributed by atoms with E-state index in [1.807, 2.05) is 0 Å². The molecule has 0 saturated heterocycles. The molecular formula is C9H11F3N2OS. The minimum atomic E-state index is -4.10. The van der Waals surface area contributed by atoms with Crippen LogP contribution < -0.4 is 5.56 Å². The first kappa shape index (κ1) is 13.0. The predicted molar refractivity (Wildman–Crippen MR) is 55.8 cm³/mol. The van der Waals surface area contributed by atoms with Gasteiger partial charge in [0.1, 0.15) is 0 Å². The van der Waals surface area contributed by atoms with Gasteiger partial charge in [-0.2, -0.15) is 13.2 Å². The van der Waals surface area contributed by atoms with Gasteiger partial charge in [0.15, 0.2) is 4.77 Å². The first-order valence-corrected chi connectivity index (χ1v) is 5.16. The molecule has 1 N–H and O–H groups in total. The molecule has 0 fully saturated rings. The van der Waals surface area contributed by atoms with E-state index in [0.717, 1.165) is 0 Å². The molecule has 0 amide bonds. The van der Waals surface area contributed by atoms with Gasteiger partial charge in [-0.1, -0.05) is 0 Å². The second-order valence-electron chi connectivity index (χ2n) is 3.38. The second-order valence-corrected chi connectivity index (χ2v) is 3.76. The summed E-state index contributed by atoms with van der Waals surface area (Å²) in [6.45, 7) is 0.381. The summed E-state index contributed by atoms with van der Waals surface area (Å²) in [5.74, 6) is 0. The molecule has 0 atom stereocenters. The van der Waals surface area contributed by atoms with Crippen molar-refractivity contribution in [2.75, 3.05) is 0 Å². The highest BCUT2D eigenvalue weighted by Crippen LogP contribution is 2.22. The number of halogens is 3. The summed E-state index contributed by atoms with van der Waals surface area (Å²) in [5.41, 5.74) is -0.309. The zero-order valence-electron chi connectivity index (χ0n) is 8.38. The Morgan fingerprint density at radius 3 is 2.62 bits per heavy atom. The van der Waals surface area contributed by atoms with E-state index in [-0.39, 0.29) is 16.8 Å². The highest BCUT2D eigenvalue weighted by Gasteiger charge is 2.25. The maximum absolute atomic E-state index is 11.8. The highest BCUT2D eigenvalue weighted by atomic mass is 32.1. The Labute approximate surface area is 94.9 Å². The number of aromatic nitrogens is 2. The van der Waals surface area contributed by atoms with Crippen LogP contribution in [0, 0.1) is 4.77 Å². The standard InChI is InChI=1S/C9H11F3N2OS/c10-9(11,12)4-1-2-5-14-6-3-7(15)13-8(14)16/h3,6H,1-2,4-5H2,(H,13,15,16). The molecule has 0 aromatic carbocycles. The van der Waals surface area contributed by atoms with Crippen LogP contribution in [0.2, 0.25) is 0 Å². The average Bonchev–Trinajstić information content (AvgIpc) is 2.13. The molecular weight excluding hydrogens is 241 g/mol. The molecule has 0 saturated carbocycles. The van der Waals surface area contributed by atoms with E-state index < -0.39 is 12.6 Å². The largest absolute Gasteiger partial charge is 0.389 e. The molecule has 16 heavy (non-hydrogen) atoms. The summed E-state index contributed by atoms with van der Waals surface area (Å²) in [7, 11) is 0. The van der Waals surface area contributed by atoms with Crippen LogP contribution in [0.5, 0.6) is 0 Å². The molecule has 1 aromatic heterocycles. The van der Waals surface area contributed by atoms with Crippen molar-refractivity contribution in [1.29, 1.82) is 0 Å². The number of hydrogen-bond acceptors (Lipinski definition) is 2. The van der Waals surface area contributed by atoms with Crippen molar-refractivity contribution in [2.24, 2.45) is 0 Å². The number of aryl methyl sites for hydroxylation is 1. The molecule has 3 nitrogen and oxygen atoms in total. The van der Waals surface area contributed by atoms with E-state index in [1.165, 1.54) is 12.3 Å². The third-order valence-corrected chi connectivity index (χ3v) is 2.34. The maximum Gasteiger partial charge on any atom is 0.389 e. The maximum atomic E-state index is 11.8. The van der Waals surface area contributed by atoms with Crippen LogP contribution in [0.4, 0.5) is 13.2 Å². The van der Waals surface area contributed by atoms with Gasteiger partial charge in [0.05, 0.1) is 0 Å². The Balaban J connectivity index is 2.44. The Bertz CT molecular complexity index is 449. The molecule has 1 rings (SSSR count). The Hall–Kier alpha value is -1.11. The van der Waals surface area contributed by atoms with Crippen molar-refractivity contribution in [3.05, 3.63) is 27.4 Å². The molecule has 0 aliphatic carbocycles. The third kappa shape index (κ3) is 4.61. The number of nitrogens with zero attached hydrogens (tertiary/aromatic N) is 1. The monoisotopic (exact) mass is 252 g/mol. The number of rotatable bonds is 4. The topological polar surface area (TPSA) is 37.8 Å². The van der Waals surface area contributed by atoms with Crippen LogP contribution in [-0.2, 0) is 6.54 Å². The van der Waals surface area contributed by atoms with E-state index in [2.05, 4.69) is 4.98 Å². The zero-order chi connectivity index (χ0) is 12.2. The minimum Gasteiger partial charge on any atom is -0.325 e. The molecule has 7 heteroatoms. The molecule has 90 valence electrons. The van der Waals surface area contributed by atoms with Gasteiger partial charge in [-0.05, 0) is 25.1 Å². The lowest BCUT2D eigenvalue weighted by molar-refractivity contribution is -0.135. The van der Waals surface area contributed by atoms with Gasteiger partial charge in [-0.25, -0.2) is 0 Å². The van der Waals surface area contributed by atoms with Crippen LogP contribution in [0.1, 0.15) is 19.3 Å². The van der Waals surface area contributed by atoms with Crippen molar-refractivity contribution >= 4 is 12.2 Å². The Morgan fingerprint density at radius 1 is 1.38 bits per heavy atom. The number of aromatic amines is 1. The fourth-order valence-electron chi connectivity index (χ4n) is 1.23.